The van der Waals surface area contributed by atoms with Crippen LogP contribution in [0.25, 0.3) is 0 Å². The molecular weight excluding hydrogens is 544 g/mol. The van der Waals surface area contributed by atoms with Crippen molar-refractivity contribution in [2.75, 3.05) is 6.61 Å². The summed E-state index contributed by atoms with van der Waals surface area (Å²) < 4.78 is 23.5. The molecule has 226 valence electrons. The van der Waals surface area contributed by atoms with Gasteiger partial charge in [-0.05, 0) is 51.3 Å². The van der Waals surface area contributed by atoms with Gasteiger partial charge in [0.2, 0.25) is 0 Å². The molecule has 2 atom stereocenters. The first-order chi connectivity index (χ1) is 20.8. The molecule has 1 aliphatic heterocycles. The van der Waals surface area contributed by atoms with Crippen LogP contribution >= 0.6 is 0 Å². The molecule has 0 aromatic heterocycles. The van der Waals surface area contributed by atoms with Gasteiger partial charge < -0.3 is 29.6 Å². The van der Waals surface area contributed by atoms with Crippen molar-refractivity contribution < 1.29 is 28.5 Å². The molecule has 1 unspecified atom stereocenters. The van der Waals surface area contributed by atoms with Crippen molar-refractivity contribution >= 4 is 12.2 Å². The molecule has 0 bridgehead atoms. The van der Waals surface area contributed by atoms with Gasteiger partial charge in [-0.3, -0.25) is 0 Å². The third-order valence-corrected chi connectivity index (χ3v) is 7.09. The van der Waals surface area contributed by atoms with Crippen LogP contribution in [0.15, 0.2) is 102 Å². The van der Waals surface area contributed by atoms with Crippen LogP contribution in [0.1, 0.15) is 74.8 Å². The molecule has 2 N–H and O–H groups in total. The number of alkyl carbamates (subject to hydrolysis) is 1. The van der Waals surface area contributed by atoms with E-state index >= 15 is 0 Å². The van der Waals surface area contributed by atoms with E-state index in [4.69, 9.17) is 18.9 Å². The molecule has 4 rings (SSSR count). The Morgan fingerprint density at radius 2 is 1.58 bits per heavy atom. The summed E-state index contributed by atoms with van der Waals surface area (Å²) in [7, 11) is 0. The SMILES string of the molecule is CCCCOC(=O)OC1=C(C)NC(C)=C(OC(=O)N[C@H](C)c2ccccc2)C1c1ccccc1OCc1cccc(C)c1. The van der Waals surface area contributed by atoms with Gasteiger partial charge >= 0.3 is 12.2 Å². The number of aryl methyl sites for hydroxylation is 1. The first-order valence-corrected chi connectivity index (χ1v) is 14.6. The normalized spacial score (nSPS) is 15.3. The van der Waals surface area contributed by atoms with Crippen LogP contribution < -0.4 is 15.4 Å². The first-order valence-electron chi connectivity index (χ1n) is 14.6. The minimum Gasteiger partial charge on any atom is -0.489 e. The number of hydrogen-bond donors (Lipinski definition) is 2. The molecule has 1 aliphatic rings. The summed E-state index contributed by atoms with van der Waals surface area (Å²) in [5, 5.41) is 6.11. The lowest BCUT2D eigenvalue weighted by Gasteiger charge is -2.31. The fraction of sp³-hybridized carbons (Fsp3) is 0.314. The van der Waals surface area contributed by atoms with Gasteiger partial charge in [-0.15, -0.1) is 0 Å². The zero-order chi connectivity index (χ0) is 30.8. The van der Waals surface area contributed by atoms with Crippen molar-refractivity contribution in [3.63, 3.8) is 0 Å². The maximum atomic E-state index is 13.3. The van der Waals surface area contributed by atoms with Gasteiger partial charge in [-0.1, -0.05) is 91.7 Å². The summed E-state index contributed by atoms with van der Waals surface area (Å²) >= 11 is 0. The molecular formula is C35H40N2O6. The number of carbonyl (C=O) groups is 2. The molecule has 8 nitrogen and oxygen atoms in total. The number of amides is 1. The van der Waals surface area contributed by atoms with Crippen LogP contribution in [-0.4, -0.2) is 18.9 Å². The lowest BCUT2D eigenvalue weighted by Crippen LogP contribution is -2.33. The summed E-state index contributed by atoms with van der Waals surface area (Å²) in [6.07, 6.45) is 0.132. The van der Waals surface area contributed by atoms with Crippen molar-refractivity contribution in [1.82, 2.24) is 10.6 Å². The lowest BCUT2D eigenvalue weighted by atomic mass is 9.90. The van der Waals surface area contributed by atoms with Crippen molar-refractivity contribution in [3.8, 4) is 5.75 Å². The van der Waals surface area contributed by atoms with Gasteiger partial charge in [0, 0.05) is 5.56 Å². The van der Waals surface area contributed by atoms with Crippen LogP contribution in [0.4, 0.5) is 9.59 Å². The fourth-order valence-corrected chi connectivity index (χ4v) is 4.87. The van der Waals surface area contributed by atoms with Crippen molar-refractivity contribution in [1.29, 1.82) is 0 Å². The quantitative estimate of drug-likeness (QED) is 0.173. The molecule has 0 spiro atoms. The van der Waals surface area contributed by atoms with E-state index in [1.165, 1.54) is 0 Å². The van der Waals surface area contributed by atoms with E-state index in [-0.39, 0.29) is 24.2 Å². The predicted molar refractivity (Wildman–Crippen MR) is 165 cm³/mol. The Morgan fingerprint density at radius 1 is 0.884 bits per heavy atom. The molecule has 0 saturated heterocycles. The van der Waals surface area contributed by atoms with Gasteiger partial charge in [-0.2, -0.15) is 0 Å². The average Bonchev–Trinajstić information content (AvgIpc) is 2.99. The minimum atomic E-state index is -0.825. The van der Waals surface area contributed by atoms with Crippen LogP contribution in [0.3, 0.4) is 0 Å². The van der Waals surface area contributed by atoms with Gasteiger partial charge in [0.1, 0.15) is 29.8 Å². The Balaban J connectivity index is 1.66. The number of rotatable bonds is 11. The Kier molecular flexibility index (Phi) is 10.9. The molecule has 3 aromatic rings. The summed E-state index contributed by atoms with van der Waals surface area (Å²) in [6, 6.07) is 24.9. The van der Waals surface area contributed by atoms with Crippen LogP contribution in [-0.2, 0) is 20.8 Å². The molecule has 1 heterocycles. The monoisotopic (exact) mass is 584 g/mol. The Bertz CT molecular complexity index is 1480. The molecule has 1 amide bonds. The van der Waals surface area contributed by atoms with E-state index in [1.54, 1.807) is 6.92 Å². The minimum absolute atomic E-state index is 0.244. The summed E-state index contributed by atoms with van der Waals surface area (Å²) in [5.74, 6) is 0.339. The van der Waals surface area contributed by atoms with Gasteiger partial charge in [0.05, 0.1) is 24.0 Å². The number of allylic oxidation sites excluding steroid dienone is 2. The highest BCUT2D eigenvalue weighted by molar-refractivity contribution is 5.70. The van der Waals surface area contributed by atoms with Gasteiger partial charge in [-0.25, -0.2) is 9.59 Å². The zero-order valence-corrected chi connectivity index (χ0v) is 25.4. The zero-order valence-electron chi connectivity index (χ0n) is 25.4. The van der Waals surface area contributed by atoms with E-state index in [2.05, 4.69) is 16.7 Å². The van der Waals surface area contributed by atoms with Gasteiger partial charge in [0.15, 0.2) is 0 Å². The molecule has 0 fully saturated rings. The van der Waals surface area contributed by atoms with Crippen LogP contribution in [0.2, 0.25) is 0 Å². The highest BCUT2D eigenvalue weighted by atomic mass is 16.7. The average molecular weight is 585 g/mol. The first kappa shape index (κ1) is 31.2. The van der Waals surface area contributed by atoms with Crippen LogP contribution in [0.5, 0.6) is 5.75 Å². The highest BCUT2D eigenvalue weighted by Gasteiger charge is 2.37. The maximum absolute atomic E-state index is 13.3. The Morgan fingerprint density at radius 3 is 2.30 bits per heavy atom. The smallest absolute Gasteiger partial charge is 0.489 e. The predicted octanol–water partition coefficient (Wildman–Crippen LogP) is 8.16. The van der Waals surface area contributed by atoms with E-state index < -0.39 is 18.2 Å². The Hall–Kier alpha value is -4.72. The summed E-state index contributed by atoms with van der Waals surface area (Å²) in [6.45, 7) is 10.1. The second-order valence-corrected chi connectivity index (χ2v) is 10.6. The van der Waals surface area contributed by atoms with E-state index in [1.807, 2.05) is 100 Å². The number of unbranched alkanes of at least 4 members (excludes halogenated alkanes) is 1. The number of para-hydroxylation sites is 1. The number of dihydropyridines is 1. The fourth-order valence-electron chi connectivity index (χ4n) is 4.87. The molecule has 43 heavy (non-hydrogen) atoms. The Labute approximate surface area is 253 Å². The summed E-state index contributed by atoms with van der Waals surface area (Å²) in [5.41, 5.74) is 4.95. The third kappa shape index (κ3) is 8.41. The maximum Gasteiger partial charge on any atom is 0.513 e. The topological polar surface area (TPSA) is 95.1 Å². The molecule has 0 aliphatic carbocycles. The standard InChI is InChI=1S/C35H40N2O6/c1-6-7-20-40-35(39)43-33-26(5)36-25(4)32(42-34(38)37-24(3)28-16-9-8-10-17-28)31(33)29-18-11-12-19-30(29)41-22-27-15-13-14-23(2)21-27/h8-19,21,24,31,36H,6-7,20,22H2,1-5H3,(H,37,38)/t24-,31?/m1/s1. The largest absolute Gasteiger partial charge is 0.513 e. The number of nitrogens with one attached hydrogen (secondary N) is 2. The lowest BCUT2D eigenvalue weighted by molar-refractivity contribution is 0.0693. The number of benzene rings is 3. The number of hydrogen-bond acceptors (Lipinski definition) is 7. The van der Waals surface area contributed by atoms with Gasteiger partial charge in [0.25, 0.3) is 0 Å². The van der Waals surface area contributed by atoms with Crippen molar-refractivity contribution in [2.45, 2.75) is 66.0 Å². The van der Waals surface area contributed by atoms with Crippen molar-refractivity contribution in [2.24, 2.45) is 0 Å². The second kappa shape index (κ2) is 15.0. The van der Waals surface area contributed by atoms with E-state index in [0.29, 0.717) is 29.3 Å². The molecule has 8 heteroatoms. The molecule has 0 radical (unpaired) electrons. The van der Waals surface area contributed by atoms with Crippen LogP contribution in [0, 0.1) is 6.92 Å². The summed E-state index contributed by atoms with van der Waals surface area (Å²) in [4.78, 5) is 26.0. The highest BCUT2D eigenvalue weighted by Crippen LogP contribution is 2.43. The number of ether oxygens (including phenoxy) is 4. The third-order valence-electron chi connectivity index (χ3n) is 7.09. The van der Waals surface area contributed by atoms with E-state index in [0.717, 1.165) is 29.5 Å². The van der Waals surface area contributed by atoms with Crippen molar-refractivity contribution in [3.05, 3.63) is 124 Å². The molecule has 3 aromatic carbocycles. The number of carbonyl (C=O) groups excluding carboxylic acids is 2. The molecule has 0 saturated carbocycles. The second-order valence-electron chi connectivity index (χ2n) is 10.6. The van der Waals surface area contributed by atoms with E-state index in [9.17, 15) is 9.59 Å².